The van der Waals surface area contributed by atoms with E-state index in [0.29, 0.717) is 5.75 Å². The van der Waals surface area contributed by atoms with Crippen LogP contribution in [0, 0.1) is 0 Å². The van der Waals surface area contributed by atoms with Crippen LogP contribution in [0.5, 0.6) is 0 Å². The van der Waals surface area contributed by atoms with Crippen molar-refractivity contribution in [2.45, 2.75) is 88.6 Å². The summed E-state index contributed by atoms with van der Waals surface area (Å²) in [5.74, 6) is -0.799. The Bertz CT molecular complexity index is 833. The van der Waals surface area contributed by atoms with Gasteiger partial charge in [-0.1, -0.05) is 39.0 Å². The highest BCUT2D eigenvalue weighted by atomic mass is 32.2. The zero-order valence-corrected chi connectivity index (χ0v) is 20.5. The molecule has 0 aliphatic carbocycles. The Morgan fingerprint density at radius 2 is 1.76 bits per heavy atom. The van der Waals surface area contributed by atoms with Gasteiger partial charge in [-0.05, 0) is 51.1 Å². The monoisotopic (exact) mass is 489 g/mol. The van der Waals surface area contributed by atoms with Gasteiger partial charge in [-0.25, -0.2) is 0 Å². The van der Waals surface area contributed by atoms with E-state index in [1.807, 2.05) is 0 Å². The molecule has 3 N–H and O–H groups in total. The van der Waals surface area contributed by atoms with E-state index in [2.05, 4.69) is 23.1 Å². The van der Waals surface area contributed by atoms with Crippen molar-refractivity contribution in [2.75, 3.05) is 12.4 Å². The van der Waals surface area contributed by atoms with Gasteiger partial charge in [-0.2, -0.15) is 13.2 Å². The summed E-state index contributed by atoms with van der Waals surface area (Å²) in [5.41, 5.74) is 1.64. The molecular formula is C23H34F3N3O3S. The summed E-state index contributed by atoms with van der Waals surface area (Å²) in [5, 5.41) is 3.01. The summed E-state index contributed by atoms with van der Waals surface area (Å²) in [4.78, 5) is 25.0. The number of ether oxygens (including phenoxy) is 1. The van der Waals surface area contributed by atoms with Crippen LogP contribution in [-0.2, 0) is 15.7 Å². The van der Waals surface area contributed by atoms with Crippen LogP contribution in [0.15, 0.2) is 23.1 Å². The second-order valence-corrected chi connectivity index (χ2v) is 10.1. The third kappa shape index (κ3) is 8.19. The van der Waals surface area contributed by atoms with Crippen LogP contribution in [0.3, 0.4) is 0 Å². The molecular weight excluding hydrogens is 455 g/mol. The van der Waals surface area contributed by atoms with Crippen LogP contribution in [-0.4, -0.2) is 35.4 Å². The minimum absolute atomic E-state index is 0.0877. The molecule has 0 bridgehead atoms. The van der Waals surface area contributed by atoms with Gasteiger partial charge in [-0.15, -0.1) is 11.8 Å². The third-order valence-corrected chi connectivity index (χ3v) is 6.55. The van der Waals surface area contributed by atoms with E-state index in [-0.39, 0.29) is 17.1 Å². The van der Waals surface area contributed by atoms with Gasteiger partial charge in [-0.3, -0.25) is 25.8 Å². The number of rotatable bonds is 10. The minimum atomic E-state index is -4.59. The van der Waals surface area contributed by atoms with E-state index in [1.54, 1.807) is 20.8 Å². The van der Waals surface area contributed by atoms with Gasteiger partial charge < -0.3 is 4.74 Å². The Morgan fingerprint density at radius 3 is 2.36 bits per heavy atom. The van der Waals surface area contributed by atoms with E-state index in [1.165, 1.54) is 18.6 Å². The van der Waals surface area contributed by atoms with Gasteiger partial charge in [0.1, 0.15) is 11.3 Å². The highest BCUT2D eigenvalue weighted by Crippen LogP contribution is 2.37. The largest absolute Gasteiger partial charge is 0.417 e. The maximum absolute atomic E-state index is 13.6. The number of hydrazine groups is 1. The number of hydrogen-bond donors (Lipinski definition) is 3. The molecule has 10 heteroatoms. The molecule has 186 valence electrons. The van der Waals surface area contributed by atoms with Crippen molar-refractivity contribution in [1.29, 1.82) is 0 Å². The molecule has 0 radical (unpaired) electrons. The van der Waals surface area contributed by atoms with Gasteiger partial charge in [0.25, 0.3) is 11.8 Å². The number of unbranched alkanes of at least 4 members (excludes halogenated alkanes) is 5. The first-order valence-electron chi connectivity index (χ1n) is 11.3. The molecule has 6 nitrogen and oxygen atoms in total. The van der Waals surface area contributed by atoms with E-state index in [9.17, 15) is 22.8 Å². The van der Waals surface area contributed by atoms with E-state index in [0.717, 1.165) is 49.9 Å². The van der Waals surface area contributed by atoms with Crippen LogP contribution < -0.4 is 16.2 Å². The number of alkyl halides is 3. The van der Waals surface area contributed by atoms with Crippen LogP contribution in [0.2, 0.25) is 0 Å². The Labute approximate surface area is 197 Å². The first-order chi connectivity index (χ1) is 15.4. The van der Waals surface area contributed by atoms with Gasteiger partial charge in [0.05, 0.1) is 12.2 Å². The average Bonchev–Trinajstić information content (AvgIpc) is 3.04. The summed E-state index contributed by atoms with van der Waals surface area (Å²) in [6.45, 7) is 7.35. The number of carbonyl (C=O) groups excluding carboxylic acids is 2. The maximum atomic E-state index is 13.6. The standard InChI is InChI=1S/C23H34F3N3O3S/c1-5-6-7-8-9-10-13-33-18-12-11-16(14-17(18)23(24,25)26)19(30)27-28-20(31)22(4)15-32-21(2,3)29-22/h11-12,14,29H,5-10,13,15H2,1-4H3,(H,27,30)(H,28,31)/t22-/m1/s1. The van der Waals surface area contributed by atoms with Crippen molar-refractivity contribution in [3.63, 3.8) is 0 Å². The summed E-state index contributed by atoms with van der Waals surface area (Å²) in [6.07, 6.45) is 1.80. The van der Waals surface area contributed by atoms with Crippen LogP contribution in [0.1, 0.15) is 82.1 Å². The predicted octanol–water partition coefficient (Wildman–Crippen LogP) is 5.03. The highest BCUT2D eigenvalue weighted by Gasteiger charge is 2.45. The summed E-state index contributed by atoms with van der Waals surface area (Å²) >= 11 is 1.15. The van der Waals surface area contributed by atoms with Gasteiger partial charge >= 0.3 is 6.18 Å². The number of benzene rings is 1. The molecule has 1 saturated heterocycles. The number of carbonyl (C=O) groups is 2. The first kappa shape index (κ1) is 27.5. The van der Waals surface area contributed by atoms with Crippen molar-refractivity contribution in [3.8, 4) is 0 Å². The number of thioether (sulfide) groups is 1. The lowest BCUT2D eigenvalue weighted by Gasteiger charge is -2.25. The quantitative estimate of drug-likeness (QED) is 0.244. The maximum Gasteiger partial charge on any atom is 0.417 e. The smallest absolute Gasteiger partial charge is 0.359 e. The molecule has 0 saturated carbocycles. The molecule has 0 aromatic heterocycles. The molecule has 1 aliphatic heterocycles. The molecule has 33 heavy (non-hydrogen) atoms. The highest BCUT2D eigenvalue weighted by molar-refractivity contribution is 7.99. The second kappa shape index (κ2) is 11.6. The van der Waals surface area contributed by atoms with E-state index in [4.69, 9.17) is 4.74 Å². The Balaban J connectivity index is 1.96. The molecule has 0 spiro atoms. The molecule has 1 aromatic carbocycles. The molecule has 1 heterocycles. The molecule has 1 atom stereocenters. The molecule has 2 amide bonds. The first-order valence-corrected chi connectivity index (χ1v) is 12.2. The van der Waals surface area contributed by atoms with Crippen molar-refractivity contribution in [1.82, 2.24) is 16.2 Å². The topological polar surface area (TPSA) is 79.5 Å². The lowest BCUT2D eigenvalue weighted by atomic mass is 10.0. The molecule has 1 fully saturated rings. The molecule has 0 unspecified atom stereocenters. The van der Waals surface area contributed by atoms with Crippen molar-refractivity contribution >= 4 is 23.6 Å². The van der Waals surface area contributed by atoms with Gasteiger partial charge in [0, 0.05) is 10.5 Å². The lowest BCUT2D eigenvalue weighted by Crippen LogP contribution is -2.59. The van der Waals surface area contributed by atoms with Crippen molar-refractivity contribution < 1.29 is 27.5 Å². The van der Waals surface area contributed by atoms with Gasteiger partial charge in [0.15, 0.2) is 0 Å². The Hall–Kier alpha value is -1.78. The number of amides is 2. The van der Waals surface area contributed by atoms with Gasteiger partial charge in [0.2, 0.25) is 0 Å². The number of nitrogens with one attached hydrogen (secondary N) is 3. The molecule has 2 rings (SSSR count). The third-order valence-electron chi connectivity index (χ3n) is 5.39. The normalized spacial score (nSPS) is 20.0. The molecule has 1 aromatic rings. The predicted molar refractivity (Wildman–Crippen MR) is 123 cm³/mol. The van der Waals surface area contributed by atoms with Crippen LogP contribution in [0.4, 0.5) is 13.2 Å². The van der Waals surface area contributed by atoms with Crippen molar-refractivity contribution in [2.24, 2.45) is 0 Å². The van der Waals surface area contributed by atoms with Crippen LogP contribution >= 0.6 is 11.8 Å². The lowest BCUT2D eigenvalue weighted by molar-refractivity contribution is -0.139. The van der Waals surface area contributed by atoms with E-state index >= 15 is 0 Å². The fourth-order valence-corrected chi connectivity index (χ4v) is 4.65. The van der Waals surface area contributed by atoms with Crippen LogP contribution in [0.25, 0.3) is 0 Å². The minimum Gasteiger partial charge on any atom is -0.359 e. The summed E-state index contributed by atoms with van der Waals surface area (Å²) in [7, 11) is 0. The fraction of sp³-hybridized carbons (Fsp3) is 0.652. The van der Waals surface area contributed by atoms with E-state index < -0.39 is 34.8 Å². The zero-order chi connectivity index (χ0) is 24.7. The number of halogens is 3. The fourth-order valence-electron chi connectivity index (χ4n) is 3.59. The van der Waals surface area contributed by atoms with Crippen molar-refractivity contribution in [3.05, 3.63) is 29.3 Å². The Kier molecular flexibility index (Phi) is 9.63. The summed E-state index contributed by atoms with van der Waals surface area (Å²) < 4.78 is 46.3. The summed E-state index contributed by atoms with van der Waals surface area (Å²) in [6, 6.07) is 3.48. The SMILES string of the molecule is CCCCCCCCSc1ccc(C(=O)NNC(=O)[C@@]2(C)COC(C)(C)N2)cc1C(F)(F)F. The second-order valence-electron chi connectivity index (χ2n) is 8.99. The average molecular weight is 490 g/mol. The Morgan fingerprint density at radius 1 is 1.09 bits per heavy atom. The zero-order valence-electron chi connectivity index (χ0n) is 19.7. The molecule has 1 aliphatic rings. The number of hydrogen-bond acceptors (Lipinski definition) is 5.